The van der Waals surface area contributed by atoms with Crippen LogP contribution in [-0.2, 0) is 12.0 Å². The Labute approximate surface area is 107 Å². The van der Waals surface area contributed by atoms with E-state index in [1.807, 2.05) is 6.07 Å². The van der Waals surface area contributed by atoms with E-state index in [2.05, 4.69) is 24.9 Å². The quantitative estimate of drug-likeness (QED) is 0.686. The van der Waals surface area contributed by atoms with E-state index in [1.54, 1.807) is 6.07 Å². The Kier molecular flexibility index (Phi) is 2.49. The zero-order chi connectivity index (χ0) is 12.9. The van der Waals surface area contributed by atoms with Crippen LogP contribution in [0.4, 0.5) is 0 Å². The molecule has 3 N–H and O–H groups in total. The van der Waals surface area contributed by atoms with Gasteiger partial charge in [-0.15, -0.1) is 0 Å². The Balaban J connectivity index is 2.23. The number of aromatic amines is 1. The Hall–Kier alpha value is -1.35. The fourth-order valence-electron chi connectivity index (χ4n) is 4.02. The maximum absolute atomic E-state index is 11.5. The number of fused-ring (bicyclic) bond motifs is 4. The molecule has 1 aromatic heterocycles. The van der Waals surface area contributed by atoms with E-state index >= 15 is 0 Å². The van der Waals surface area contributed by atoms with E-state index in [0.717, 1.165) is 24.1 Å². The molecule has 3 nitrogen and oxygen atoms in total. The van der Waals surface area contributed by atoms with Crippen molar-refractivity contribution in [2.45, 2.75) is 38.6 Å². The highest BCUT2D eigenvalue weighted by Gasteiger charge is 2.46. The highest BCUT2D eigenvalue weighted by Crippen LogP contribution is 2.50. The number of nitrogens with two attached hydrogens (primary N) is 1. The van der Waals surface area contributed by atoms with Gasteiger partial charge >= 0.3 is 0 Å². The molecular formula is C15H20N2O. The van der Waals surface area contributed by atoms with Crippen molar-refractivity contribution in [1.29, 1.82) is 0 Å². The second kappa shape index (κ2) is 3.82. The lowest BCUT2D eigenvalue weighted by molar-refractivity contribution is 0.231. The first-order valence-corrected chi connectivity index (χ1v) is 6.73. The number of hydrogen-bond acceptors (Lipinski definition) is 2. The van der Waals surface area contributed by atoms with Crippen LogP contribution in [0.3, 0.4) is 0 Å². The Bertz CT molecular complexity index is 572. The third-order valence-electron chi connectivity index (χ3n) is 4.56. The summed E-state index contributed by atoms with van der Waals surface area (Å²) in [6, 6.07) is 3.52. The molecule has 1 aromatic rings. The summed E-state index contributed by atoms with van der Waals surface area (Å²) < 4.78 is 0. The number of H-pyrrole nitrogens is 1. The number of rotatable bonds is 0. The van der Waals surface area contributed by atoms with Gasteiger partial charge in [-0.2, -0.15) is 0 Å². The van der Waals surface area contributed by atoms with Crippen LogP contribution in [0.15, 0.2) is 28.6 Å². The second-order valence-electron chi connectivity index (χ2n) is 5.88. The molecule has 1 unspecified atom stereocenters. The number of hydrogen-bond donors (Lipinski definition) is 2. The number of pyridine rings is 1. The van der Waals surface area contributed by atoms with Crippen LogP contribution >= 0.6 is 0 Å². The van der Waals surface area contributed by atoms with Crippen molar-refractivity contribution < 1.29 is 0 Å². The van der Waals surface area contributed by atoms with Gasteiger partial charge in [0, 0.05) is 11.8 Å². The van der Waals surface area contributed by atoms with E-state index in [1.165, 1.54) is 12.0 Å². The third-order valence-corrected chi connectivity index (χ3v) is 4.56. The minimum Gasteiger partial charge on any atom is -0.326 e. The largest absolute Gasteiger partial charge is 0.326 e. The molecule has 2 aliphatic rings. The predicted octanol–water partition coefficient (Wildman–Crippen LogP) is 2.08. The molecule has 96 valence electrons. The third kappa shape index (κ3) is 1.50. The van der Waals surface area contributed by atoms with Crippen molar-refractivity contribution in [3.05, 3.63) is 45.4 Å². The molecule has 0 spiro atoms. The average Bonchev–Trinajstić information content (AvgIpc) is 2.26. The number of allylic oxidation sites excluding steroid dienone is 1. The second-order valence-corrected chi connectivity index (χ2v) is 5.88. The molecule has 0 aromatic carbocycles. The lowest BCUT2D eigenvalue weighted by Crippen LogP contribution is -2.50. The van der Waals surface area contributed by atoms with Gasteiger partial charge in [-0.3, -0.25) is 4.79 Å². The fraction of sp³-hybridized carbons (Fsp3) is 0.533. The molecule has 0 aliphatic heterocycles. The van der Waals surface area contributed by atoms with Crippen molar-refractivity contribution in [2.75, 3.05) is 0 Å². The van der Waals surface area contributed by atoms with Gasteiger partial charge in [0.05, 0.1) is 5.54 Å². The maximum atomic E-state index is 11.5. The summed E-state index contributed by atoms with van der Waals surface area (Å²) in [6.07, 6.45) is 5.26. The fourth-order valence-corrected chi connectivity index (χ4v) is 4.02. The van der Waals surface area contributed by atoms with Gasteiger partial charge in [0.1, 0.15) is 0 Å². The SMILES string of the molecule is CC=C1[C@H]2Cc3[nH]c(=O)ccc3[C@]1(N)CC(C)C2. The van der Waals surface area contributed by atoms with Crippen LogP contribution in [0.1, 0.15) is 37.9 Å². The molecule has 0 amide bonds. The van der Waals surface area contributed by atoms with Crippen molar-refractivity contribution in [1.82, 2.24) is 4.98 Å². The Morgan fingerprint density at radius 2 is 2.28 bits per heavy atom. The molecule has 2 bridgehead atoms. The standard InChI is InChI=1S/C15H20N2O/c1-3-11-10-6-9(2)8-15(11,16)12-4-5-14(18)17-13(12)7-10/h3-5,9-10H,6-8,16H2,1-2H3,(H,17,18)/t9?,10-,15+/m1/s1. The average molecular weight is 244 g/mol. The number of aromatic nitrogens is 1. The number of nitrogens with one attached hydrogen (secondary N) is 1. The van der Waals surface area contributed by atoms with Gasteiger partial charge in [0.25, 0.3) is 0 Å². The van der Waals surface area contributed by atoms with Crippen LogP contribution in [0.5, 0.6) is 0 Å². The van der Waals surface area contributed by atoms with Gasteiger partial charge in [-0.25, -0.2) is 0 Å². The van der Waals surface area contributed by atoms with E-state index in [4.69, 9.17) is 5.73 Å². The van der Waals surface area contributed by atoms with Crippen molar-refractivity contribution in [3.8, 4) is 0 Å². The molecule has 3 heteroatoms. The minimum absolute atomic E-state index is 0.0209. The highest BCUT2D eigenvalue weighted by atomic mass is 16.1. The summed E-state index contributed by atoms with van der Waals surface area (Å²) in [5.74, 6) is 1.14. The van der Waals surface area contributed by atoms with Crippen LogP contribution in [0, 0.1) is 11.8 Å². The summed E-state index contributed by atoms with van der Waals surface area (Å²) in [7, 11) is 0. The molecule has 3 rings (SSSR count). The van der Waals surface area contributed by atoms with Crippen LogP contribution in [0.25, 0.3) is 0 Å². The molecule has 1 fully saturated rings. The Morgan fingerprint density at radius 1 is 1.50 bits per heavy atom. The summed E-state index contributed by atoms with van der Waals surface area (Å²) in [5, 5.41) is 0. The van der Waals surface area contributed by atoms with Crippen molar-refractivity contribution in [3.63, 3.8) is 0 Å². The van der Waals surface area contributed by atoms with Gasteiger partial charge in [-0.05, 0) is 55.2 Å². The highest BCUT2D eigenvalue weighted by molar-refractivity contribution is 5.44. The summed E-state index contributed by atoms with van der Waals surface area (Å²) in [6.45, 7) is 4.36. The summed E-state index contributed by atoms with van der Waals surface area (Å²) in [4.78, 5) is 14.4. The molecule has 1 saturated carbocycles. The maximum Gasteiger partial charge on any atom is 0.248 e. The van der Waals surface area contributed by atoms with Gasteiger partial charge in [-0.1, -0.05) is 13.0 Å². The smallest absolute Gasteiger partial charge is 0.248 e. The predicted molar refractivity (Wildman–Crippen MR) is 72.3 cm³/mol. The van der Waals surface area contributed by atoms with Gasteiger partial charge in [0.15, 0.2) is 0 Å². The zero-order valence-corrected chi connectivity index (χ0v) is 11.0. The normalized spacial score (nSPS) is 36.5. The molecule has 3 atom stereocenters. The van der Waals surface area contributed by atoms with Gasteiger partial charge in [0.2, 0.25) is 5.56 Å². The van der Waals surface area contributed by atoms with Gasteiger partial charge < -0.3 is 10.7 Å². The molecule has 18 heavy (non-hydrogen) atoms. The molecule has 1 heterocycles. The molecule has 0 saturated heterocycles. The Morgan fingerprint density at radius 3 is 3.00 bits per heavy atom. The topological polar surface area (TPSA) is 58.9 Å². The first kappa shape index (κ1) is 11.7. The van der Waals surface area contributed by atoms with Crippen LogP contribution in [-0.4, -0.2) is 4.98 Å². The van der Waals surface area contributed by atoms with Crippen LogP contribution < -0.4 is 11.3 Å². The first-order valence-electron chi connectivity index (χ1n) is 6.73. The van der Waals surface area contributed by atoms with E-state index < -0.39 is 0 Å². The van der Waals surface area contributed by atoms with Crippen molar-refractivity contribution >= 4 is 0 Å². The lowest BCUT2D eigenvalue weighted by Gasteiger charge is -2.48. The van der Waals surface area contributed by atoms with E-state index in [9.17, 15) is 4.79 Å². The molecule has 2 aliphatic carbocycles. The monoisotopic (exact) mass is 244 g/mol. The zero-order valence-electron chi connectivity index (χ0n) is 11.0. The molecule has 0 radical (unpaired) electrons. The minimum atomic E-state index is -0.366. The first-order chi connectivity index (χ1) is 8.54. The molecular weight excluding hydrogens is 224 g/mol. The summed E-state index contributed by atoms with van der Waals surface area (Å²) in [5.41, 5.74) is 9.86. The van der Waals surface area contributed by atoms with E-state index in [0.29, 0.717) is 11.8 Å². The van der Waals surface area contributed by atoms with Crippen molar-refractivity contribution in [2.24, 2.45) is 17.6 Å². The lowest BCUT2D eigenvalue weighted by atomic mass is 9.60. The van der Waals surface area contributed by atoms with Crippen LogP contribution in [0.2, 0.25) is 0 Å². The summed E-state index contributed by atoms with van der Waals surface area (Å²) >= 11 is 0. The van der Waals surface area contributed by atoms with E-state index in [-0.39, 0.29) is 11.1 Å².